The topological polar surface area (TPSA) is 68.4 Å². The van der Waals surface area contributed by atoms with Crippen LogP contribution in [0.3, 0.4) is 0 Å². The van der Waals surface area contributed by atoms with Gasteiger partial charge in [0.25, 0.3) is 5.89 Å². The molecule has 0 saturated heterocycles. The van der Waals surface area contributed by atoms with E-state index in [0.717, 1.165) is 5.56 Å². The molecule has 0 radical (unpaired) electrons. The predicted molar refractivity (Wildman–Crippen MR) is 55.2 cm³/mol. The first-order chi connectivity index (χ1) is 7.88. The molecule has 1 aromatic heterocycles. The minimum Gasteiger partial charge on any atom is -0.387 e. The van der Waals surface area contributed by atoms with Crippen molar-refractivity contribution in [1.82, 2.24) is 10.1 Å². The minimum absolute atomic E-state index is 0.207. The van der Waals surface area contributed by atoms with Crippen LogP contribution in [0.2, 0.25) is 0 Å². The van der Waals surface area contributed by atoms with Crippen molar-refractivity contribution in [2.75, 3.05) is 0 Å². The fraction of sp³-hybridized carbons (Fsp3) is 0.273. The molecular weight excluding hydrogens is 208 g/mol. The number of benzene rings is 1. The van der Waals surface area contributed by atoms with Crippen molar-refractivity contribution in [2.24, 2.45) is 0 Å². The Morgan fingerprint density at radius 3 is 2.69 bits per heavy atom. The van der Waals surface area contributed by atoms with Crippen molar-refractivity contribution in [2.45, 2.75) is 19.8 Å². The fourth-order valence-electron chi connectivity index (χ4n) is 1.25. The quantitative estimate of drug-likeness (QED) is 0.822. The highest BCUT2D eigenvalue weighted by Gasteiger charge is 2.04. The molecule has 84 valence electrons. The number of nitrogens with zero attached hydrogens (tertiary/aromatic N) is 2. The summed E-state index contributed by atoms with van der Waals surface area (Å²) in [5, 5.41) is 12.4. The fourth-order valence-corrected chi connectivity index (χ4v) is 1.25. The van der Waals surface area contributed by atoms with Crippen molar-refractivity contribution in [1.29, 1.82) is 0 Å². The van der Waals surface area contributed by atoms with Crippen molar-refractivity contribution in [3.63, 3.8) is 0 Å². The van der Waals surface area contributed by atoms with E-state index in [1.807, 2.05) is 30.3 Å². The first-order valence-corrected chi connectivity index (χ1v) is 4.92. The molecule has 0 fully saturated rings. The average molecular weight is 220 g/mol. The maximum Gasteiger partial charge on any atom is 0.252 e. The molecule has 5 nitrogen and oxygen atoms in total. The van der Waals surface area contributed by atoms with E-state index in [2.05, 4.69) is 10.1 Å². The highest BCUT2D eigenvalue weighted by Crippen LogP contribution is 2.03. The largest absolute Gasteiger partial charge is 0.387 e. The summed E-state index contributed by atoms with van der Waals surface area (Å²) in [6.07, 6.45) is 0. The van der Waals surface area contributed by atoms with Crippen LogP contribution in [0.5, 0.6) is 0 Å². The van der Waals surface area contributed by atoms with E-state index < -0.39 is 0 Å². The monoisotopic (exact) mass is 220 g/mol. The molecule has 2 rings (SSSR count). The summed E-state index contributed by atoms with van der Waals surface area (Å²) in [7, 11) is 0. The Hall–Kier alpha value is -1.72. The van der Waals surface area contributed by atoms with E-state index in [4.69, 9.17) is 14.4 Å². The average Bonchev–Trinajstić information content (AvgIpc) is 2.78. The van der Waals surface area contributed by atoms with E-state index in [9.17, 15) is 0 Å². The van der Waals surface area contributed by atoms with Crippen molar-refractivity contribution < 1.29 is 14.4 Å². The summed E-state index contributed by atoms with van der Waals surface area (Å²) in [6.45, 7) is 0.536. The van der Waals surface area contributed by atoms with Crippen LogP contribution in [0.4, 0.5) is 0 Å². The van der Waals surface area contributed by atoms with Crippen LogP contribution >= 0.6 is 0 Å². The van der Waals surface area contributed by atoms with Gasteiger partial charge in [-0.15, -0.1) is 0 Å². The molecule has 0 amide bonds. The SMILES string of the molecule is OCc1nc(COCc2ccccc2)no1. The summed E-state index contributed by atoms with van der Waals surface area (Å²) in [6, 6.07) is 9.83. The van der Waals surface area contributed by atoms with E-state index >= 15 is 0 Å². The molecule has 0 aliphatic carbocycles. The normalized spacial score (nSPS) is 10.6. The Balaban J connectivity index is 1.80. The summed E-state index contributed by atoms with van der Waals surface area (Å²) in [5.41, 5.74) is 1.09. The van der Waals surface area contributed by atoms with E-state index in [1.54, 1.807) is 0 Å². The highest BCUT2D eigenvalue weighted by atomic mass is 16.5. The zero-order valence-electron chi connectivity index (χ0n) is 8.67. The summed E-state index contributed by atoms with van der Waals surface area (Å²) < 4.78 is 10.1. The van der Waals surface area contributed by atoms with Gasteiger partial charge in [-0.2, -0.15) is 4.98 Å². The third-order valence-corrected chi connectivity index (χ3v) is 1.99. The van der Waals surface area contributed by atoms with Crippen LogP contribution in [0.25, 0.3) is 0 Å². The molecule has 0 aliphatic heterocycles. The molecule has 0 atom stereocenters. The molecule has 0 aliphatic rings. The van der Waals surface area contributed by atoms with Crippen molar-refractivity contribution >= 4 is 0 Å². The second-order valence-corrected chi connectivity index (χ2v) is 3.24. The Bertz CT molecular complexity index is 428. The molecule has 16 heavy (non-hydrogen) atoms. The van der Waals surface area contributed by atoms with Crippen LogP contribution in [-0.4, -0.2) is 15.2 Å². The summed E-state index contributed by atoms with van der Waals surface area (Å²) >= 11 is 0. The summed E-state index contributed by atoms with van der Waals surface area (Å²) in [4.78, 5) is 3.91. The maximum absolute atomic E-state index is 8.72. The van der Waals surface area contributed by atoms with E-state index in [0.29, 0.717) is 12.4 Å². The lowest BCUT2D eigenvalue weighted by Crippen LogP contribution is -1.96. The first-order valence-electron chi connectivity index (χ1n) is 4.92. The molecule has 5 heteroatoms. The van der Waals surface area contributed by atoms with Gasteiger partial charge in [-0.1, -0.05) is 35.5 Å². The van der Waals surface area contributed by atoms with E-state index in [1.165, 1.54) is 0 Å². The summed E-state index contributed by atoms with van der Waals surface area (Å²) in [5.74, 6) is 0.651. The van der Waals surface area contributed by atoms with Gasteiger partial charge in [-0.25, -0.2) is 0 Å². The predicted octanol–water partition coefficient (Wildman–Crippen LogP) is 1.28. The van der Waals surface area contributed by atoms with Gasteiger partial charge in [0, 0.05) is 0 Å². The molecule has 2 aromatic rings. The number of ether oxygens (including phenoxy) is 1. The van der Waals surface area contributed by atoms with Gasteiger partial charge in [-0.05, 0) is 5.56 Å². The molecular formula is C11H12N2O3. The molecule has 1 N–H and O–H groups in total. The maximum atomic E-state index is 8.72. The Labute approximate surface area is 92.7 Å². The minimum atomic E-state index is -0.244. The van der Waals surface area contributed by atoms with Crippen LogP contribution < -0.4 is 0 Å². The lowest BCUT2D eigenvalue weighted by atomic mass is 10.2. The number of rotatable bonds is 5. The van der Waals surface area contributed by atoms with Gasteiger partial charge in [0.2, 0.25) is 0 Å². The van der Waals surface area contributed by atoms with Gasteiger partial charge in [0.05, 0.1) is 6.61 Å². The van der Waals surface area contributed by atoms with E-state index in [-0.39, 0.29) is 19.1 Å². The standard InChI is InChI=1S/C11H12N2O3/c14-6-11-12-10(13-16-11)8-15-7-9-4-2-1-3-5-9/h1-5,14H,6-8H2. The van der Waals surface area contributed by atoms with Crippen LogP contribution in [-0.2, 0) is 24.6 Å². The lowest BCUT2D eigenvalue weighted by Gasteiger charge is -2.00. The van der Waals surface area contributed by atoms with Gasteiger partial charge >= 0.3 is 0 Å². The molecule has 0 saturated carbocycles. The number of hydrogen-bond donors (Lipinski definition) is 1. The smallest absolute Gasteiger partial charge is 0.252 e. The van der Waals surface area contributed by atoms with Crippen LogP contribution in [0, 0.1) is 0 Å². The van der Waals surface area contributed by atoms with Gasteiger partial charge in [0.15, 0.2) is 5.82 Å². The lowest BCUT2D eigenvalue weighted by molar-refractivity contribution is 0.0999. The van der Waals surface area contributed by atoms with Crippen molar-refractivity contribution in [3.8, 4) is 0 Å². The molecule has 1 heterocycles. The van der Waals surface area contributed by atoms with Gasteiger partial charge < -0.3 is 14.4 Å². The number of aliphatic hydroxyl groups is 1. The molecule has 0 spiro atoms. The third kappa shape index (κ3) is 2.88. The van der Waals surface area contributed by atoms with Crippen molar-refractivity contribution in [3.05, 3.63) is 47.6 Å². The molecule has 1 aromatic carbocycles. The highest BCUT2D eigenvalue weighted by molar-refractivity contribution is 5.13. The number of aliphatic hydroxyl groups excluding tert-OH is 1. The zero-order chi connectivity index (χ0) is 11.2. The third-order valence-electron chi connectivity index (χ3n) is 1.99. The van der Waals surface area contributed by atoms with Crippen LogP contribution in [0.15, 0.2) is 34.9 Å². The second-order valence-electron chi connectivity index (χ2n) is 3.24. The van der Waals surface area contributed by atoms with Gasteiger partial charge in [0.1, 0.15) is 13.2 Å². The molecule has 0 bridgehead atoms. The zero-order valence-corrected chi connectivity index (χ0v) is 8.67. The van der Waals surface area contributed by atoms with Crippen LogP contribution in [0.1, 0.15) is 17.3 Å². The van der Waals surface area contributed by atoms with Gasteiger partial charge in [-0.3, -0.25) is 0 Å². The Morgan fingerprint density at radius 2 is 2.00 bits per heavy atom. The Morgan fingerprint density at radius 1 is 1.19 bits per heavy atom. The second kappa shape index (κ2) is 5.39. The number of aromatic nitrogens is 2. The Kier molecular flexibility index (Phi) is 3.63. The first kappa shape index (κ1) is 10.8. The molecule has 0 unspecified atom stereocenters. The number of hydrogen-bond acceptors (Lipinski definition) is 5.